The number of carbonyl (C=O) groups excluding carboxylic acids is 2. The first kappa shape index (κ1) is 23.1. The first-order valence-electron chi connectivity index (χ1n) is 12.0. The molecule has 0 aliphatic carbocycles. The van der Waals surface area contributed by atoms with Crippen molar-refractivity contribution < 1.29 is 18.7 Å². The lowest BCUT2D eigenvalue weighted by Crippen LogP contribution is -2.35. The van der Waals surface area contributed by atoms with Crippen LogP contribution in [0.4, 0.5) is 15.8 Å². The molecule has 7 heteroatoms. The van der Waals surface area contributed by atoms with E-state index in [1.807, 2.05) is 12.1 Å². The summed E-state index contributed by atoms with van der Waals surface area (Å²) in [6, 6.07) is 19.2. The maximum atomic E-state index is 13.6. The van der Waals surface area contributed by atoms with Gasteiger partial charge in [0, 0.05) is 43.2 Å². The van der Waals surface area contributed by atoms with Gasteiger partial charge in [-0.2, -0.15) is 0 Å². The third-order valence-electron chi connectivity index (χ3n) is 6.57. The Balaban J connectivity index is 1.40. The summed E-state index contributed by atoms with van der Waals surface area (Å²) in [6.45, 7) is 2.66. The molecular formula is C28H28FN3O3. The molecule has 3 aromatic rings. The Kier molecular flexibility index (Phi) is 6.77. The quantitative estimate of drug-likeness (QED) is 0.551. The zero-order valence-electron chi connectivity index (χ0n) is 19.4. The second-order valence-electron chi connectivity index (χ2n) is 8.98. The lowest BCUT2D eigenvalue weighted by atomic mass is 9.98. The van der Waals surface area contributed by atoms with Crippen LogP contribution in [0, 0.1) is 5.82 Å². The molecule has 35 heavy (non-hydrogen) atoms. The SMILES string of the molecule is O=C(Nc1ccc(N2CCc3ccccc3C2)c(C(=O)NCC2CCCO2)c1)c1cccc(F)c1. The minimum Gasteiger partial charge on any atom is -0.376 e. The molecule has 1 saturated heterocycles. The molecule has 2 N–H and O–H groups in total. The average molecular weight is 474 g/mol. The van der Waals surface area contributed by atoms with E-state index in [2.05, 4.69) is 33.7 Å². The van der Waals surface area contributed by atoms with Gasteiger partial charge in [-0.3, -0.25) is 9.59 Å². The van der Waals surface area contributed by atoms with Crippen LogP contribution in [0.25, 0.3) is 0 Å². The predicted molar refractivity (Wildman–Crippen MR) is 133 cm³/mol. The number of anilines is 2. The van der Waals surface area contributed by atoms with Gasteiger partial charge in [0.25, 0.3) is 11.8 Å². The molecule has 0 spiro atoms. The normalized spacial score (nSPS) is 17.1. The number of nitrogens with zero attached hydrogens (tertiary/aromatic N) is 1. The van der Waals surface area contributed by atoms with Gasteiger partial charge in [-0.15, -0.1) is 0 Å². The zero-order valence-corrected chi connectivity index (χ0v) is 19.4. The molecule has 3 aromatic carbocycles. The molecule has 2 amide bonds. The highest BCUT2D eigenvalue weighted by atomic mass is 19.1. The van der Waals surface area contributed by atoms with Crippen molar-refractivity contribution in [3.05, 3.63) is 94.8 Å². The highest BCUT2D eigenvalue weighted by molar-refractivity contribution is 6.06. The number of benzene rings is 3. The molecule has 2 aliphatic heterocycles. The lowest BCUT2D eigenvalue weighted by Gasteiger charge is -2.32. The second-order valence-corrected chi connectivity index (χ2v) is 8.98. The lowest BCUT2D eigenvalue weighted by molar-refractivity contribution is 0.0858. The zero-order chi connectivity index (χ0) is 24.2. The number of rotatable bonds is 6. The van der Waals surface area contributed by atoms with Gasteiger partial charge < -0.3 is 20.3 Å². The summed E-state index contributed by atoms with van der Waals surface area (Å²) < 4.78 is 19.2. The van der Waals surface area contributed by atoms with Gasteiger partial charge in [-0.05, 0) is 66.8 Å². The number of hydrogen-bond donors (Lipinski definition) is 2. The van der Waals surface area contributed by atoms with Crippen molar-refractivity contribution in [2.45, 2.75) is 31.9 Å². The van der Waals surface area contributed by atoms with E-state index in [4.69, 9.17) is 4.74 Å². The summed E-state index contributed by atoms with van der Waals surface area (Å²) in [4.78, 5) is 28.2. The van der Waals surface area contributed by atoms with Gasteiger partial charge in [0.2, 0.25) is 0 Å². The fraction of sp³-hybridized carbons (Fsp3) is 0.286. The van der Waals surface area contributed by atoms with E-state index >= 15 is 0 Å². The third-order valence-corrected chi connectivity index (χ3v) is 6.57. The number of hydrogen-bond acceptors (Lipinski definition) is 4. The number of fused-ring (bicyclic) bond motifs is 1. The third kappa shape index (κ3) is 5.35. The van der Waals surface area contributed by atoms with Crippen LogP contribution < -0.4 is 15.5 Å². The van der Waals surface area contributed by atoms with E-state index in [0.29, 0.717) is 24.3 Å². The molecule has 0 aromatic heterocycles. The smallest absolute Gasteiger partial charge is 0.255 e. The average Bonchev–Trinajstić information content (AvgIpc) is 3.41. The Morgan fingerprint density at radius 1 is 1.00 bits per heavy atom. The van der Waals surface area contributed by atoms with Gasteiger partial charge >= 0.3 is 0 Å². The van der Waals surface area contributed by atoms with E-state index in [1.54, 1.807) is 18.2 Å². The minimum absolute atomic E-state index is 0.0279. The Labute approximate surface area is 204 Å². The fourth-order valence-electron chi connectivity index (χ4n) is 4.71. The molecule has 1 atom stereocenters. The summed E-state index contributed by atoms with van der Waals surface area (Å²) >= 11 is 0. The van der Waals surface area contributed by atoms with E-state index in [9.17, 15) is 14.0 Å². The number of amides is 2. The molecule has 6 nitrogen and oxygen atoms in total. The summed E-state index contributed by atoms with van der Waals surface area (Å²) in [5, 5.41) is 5.80. The van der Waals surface area contributed by atoms with Crippen molar-refractivity contribution in [3.8, 4) is 0 Å². The Hall–Kier alpha value is -3.71. The van der Waals surface area contributed by atoms with Crippen molar-refractivity contribution in [1.82, 2.24) is 5.32 Å². The van der Waals surface area contributed by atoms with Crippen molar-refractivity contribution in [2.75, 3.05) is 29.9 Å². The van der Waals surface area contributed by atoms with Crippen LogP contribution in [0.3, 0.4) is 0 Å². The molecule has 180 valence electrons. The van der Waals surface area contributed by atoms with E-state index in [0.717, 1.165) is 38.1 Å². The Bertz CT molecular complexity index is 1240. The van der Waals surface area contributed by atoms with Crippen LogP contribution in [0.1, 0.15) is 44.7 Å². The van der Waals surface area contributed by atoms with Crippen molar-refractivity contribution in [1.29, 1.82) is 0 Å². The minimum atomic E-state index is -0.479. The number of nitrogens with one attached hydrogen (secondary N) is 2. The van der Waals surface area contributed by atoms with E-state index in [-0.39, 0.29) is 17.6 Å². The van der Waals surface area contributed by atoms with Crippen LogP contribution in [0.15, 0.2) is 66.7 Å². The molecule has 2 heterocycles. The number of carbonyl (C=O) groups is 2. The monoisotopic (exact) mass is 473 g/mol. The Morgan fingerprint density at radius 3 is 2.66 bits per heavy atom. The van der Waals surface area contributed by atoms with Crippen LogP contribution in [0.5, 0.6) is 0 Å². The van der Waals surface area contributed by atoms with Crippen LogP contribution in [-0.2, 0) is 17.7 Å². The molecule has 1 fully saturated rings. The largest absolute Gasteiger partial charge is 0.376 e. The first-order chi connectivity index (χ1) is 17.1. The van der Waals surface area contributed by atoms with E-state index in [1.165, 1.54) is 29.3 Å². The summed E-state index contributed by atoms with van der Waals surface area (Å²) in [5.41, 5.74) is 4.56. The molecule has 0 radical (unpaired) electrons. The fourth-order valence-corrected chi connectivity index (χ4v) is 4.71. The number of halogens is 1. The highest BCUT2D eigenvalue weighted by Crippen LogP contribution is 2.30. The molecule has 1 unspecified atom stereocenters. The van der Waals surface area contributed by atoms with Crippen molar-refractivity contribution in [2.24, 2.45) is 0 Å². The maximum Gasteiger partial charge on any atom is 0.255 e. The molecule has 2 aliphatic rings. The summed E-state index contributed by atoms with van der Waals surface area (Å²) in [7, 11) is 0. The van der Waals surface area contributed by atoms with Crippen LogP contribution in [-0.4, -0.2) is 37.6 Å². The van der Waals surface area contributed by atoms with Crippen LogP contribution in [0.2, 0.25) is 0 Å². The summed E-state index contributed by atoms with van der Waals surface area (Å²) in [5.74, 6) is -1.13. The van der Waals surface area contributed by atoms with Crippen molar-refractivity contribution in [3.63, 3.8) is 0 Å². The molecule has 5 rings (SSSR count). The first-order valence-corrected chi connectivity index (χ1v) is 12.0. The summed E-state index contributed by atoms with van der Waals surface area (Å²) in [6.07, 6.45) is 2.85. The van der Waals surface area contributed by atoms with Gasteiger partial charge in [0.15, 0.2) is 0 Å². The van der Waals surface area contributed by atoms with E-state index < -0.39 is 11.7 Å². The molecule has 0 bridgehead atoms. The maximum absolute atomic E-state index is 13.6. The standard InChI is InChI=1S/C28H28FN3O3/c29-22-8-3-7-20(15-22)27(33)31-23-10-11-26(32-13-12-19-5-1-2-6-21(19)18-32)25(16-23)28(34)30-17-24-9-4-14-35-24/h1-3,5-8,10-11,15-16,24H,4,9,12-14,17-18H2,(H,30,34)(H,31,33). The molecular weight excluding hydrogens is 445 g/mol. The highest BCUT2D eigenvalue weighted by Gasteiger charge is 2.23. The second kappa shape index (κ2) is 10.3. The Morgan fingerprint density at radius 2 is 1.86 bits per heavy atom. The van der Waals surface area contributed by atoms with Gasteiger partial charge in [0.05, 0.1) is 11.7 Å². The van der Waals surface area contributed by atoms with Crippen LogP contribution >= 0.6 is 0 Å². The topological polar surface area (TPSA) is 70.7 Å². The van der Waals surface area contributed by atoms with Gasteiger partial charge in [-0.25, -0.2) is 4.39 Å². The van der Waals surface area contributed by atoms with Gasteiger partial charge in [-0.1, -0.05) is 30.3 Å². The predicted octanol–water partition coefficient (Wildman–Crippen LogP) is 4.55. The molecule has 0 saturated carbocycles. The number of ether oxygens (including phenoxy) is 1. The van der Waals surface area contributed by atoms with Crippen molar-refractivity contribution >= 4 is 23.2 Å². The van der Waals surface area contributed by atoms with Gasteiger partial charge in [0.1, 0.15) is 5.82 Å².